The molecule has 0 saturated heterocycles. The molecule has 0 radical (unpaired) electrons. The second-order valence-corrected chi connectivity index (χ2v) is 4.61. The van der Waals surface area contributed by atoms with Crippen LogP contribution in [0.3, 0.4) is 0 Å². The monoisotopic (exact) mass is 251 g/mol. The third-order valence-electron chi connectivity index (χ3n) is 2.33. The fraction of sp³-hybridized carbons (Fsp3) is 0.500. The molecule has 1 atom stereocenters. The van der Waals surface area contributed by atoms with Crippen molar-refractivity contribution in [2.24, 2.45) is 5.92 Å². The number of nitrogens with one attached hydrogen (secondary N) is 1. The lowest BCUT2D eigenvalue weighted by molar-refractivity contribution is -0.139. The number of amides is 1. The maximum atomic E-state index is 11.8. The zero-order chi connectivity index (χ0) is 13.7. The molecule has 0 aromatic carbocycles. The van der Waals surface area contributed by atoms with Crippen molar-refractivity contribution in [2.75, 3.05) is 0 Å². The predicted octanol–water partition coefficient (Wildman–Crippen LogP) is 1.01. The van der Waals surface area contributed by atoms with Crippen LogP contribution in [0, 0.1) is 12.8 Å². The van der Waals surface area contributed by atoms with E-state index in [1.54, 1.807) is 13.0 Å². The van der Waals surface area contributed by atoms with Crippen molar-refractivity contribution < 1.29 is 14.7 Å². The highest BCUT2D eigenvalue weighted by Gasteiger charge is 2.22. The summed E-state index contributed by atoms with van der Waals surface area (Å²) in [4.78, 5) is 22.8. The molecule has 0 saturated carbocycles. The predicted molar refractivity (Wildman–Crippen MR) is 65.1 cm³/mol. The van der Waals surface area contributed by atoms with E-state index < -0.39 is 17.9 Å². The molecule has 0 unspecified atom stereocenters. The Bertz CT molecular complexity index is 446. The fourth-order valence-electron chi connectivity index (χ4n) is 1.50. The molecular formula is C12H17N3O3. The van der Waals surface area contributed by atoms with E-state index in [1.165, 1.54) is 6.20 Å². The van der Waals surface area contributed by atoms with E-state index in [0.29, 0.717) is 6.42 Å². The van der Waals surface area contributed by atoms with Crippen LogP contribution in [-0.4, -0.2) is 33.2 Å². The quantitative estimate of drug-likeness (QED) is 0.815. The van der Waals surface area contributed by atoms with Crippen molar-refractivity contribution in [3.05, 3.63) is 23.5 Å². The highest BCUT2D eigenvalue weighted by molar-refractivity contribution is 5.94. The normalized spacial score (nSPS) is 12.2. The van der Waals surface area contributed by atoms with E-state index in [1.807, 2.05) is 13.8 Å². The van der Waals surface area contributed by atoms with Gasteiger partial charge in [-0.25, -0.2) is 4.79 Å². The van der Waals surface area contributed by atoms with Crippen molar-refractivity contribution in [2.45, 2.75) is 33.2 Å². The highest BCUT2D eigenvalue weighted by Crippen LogP contribution is 2.06. The first-order valence-corrected chi connectivity index (χ1v) is 5.73. The van der Waals surface area contributed by atoms with E-state index in [4.69, 9.17) is 5.11 Å². The summed E-state index contributed by atoms with van der Waals surface area (Å²) in [5.74, 6) is -1.38. The van der Waals surface area contributed by atoms with Crippen molar-refractivity contribution in [1.29, 1.82) is 0 Å². The Labute approximate surface area is 105 Å². The Morgan fingerprint density at radius 3 is 2.61 bits per heavy atom. The number of aromatic nitrogens is 2. The average Bonchev–Trinajstić information content (AvgIpc) is 2.27. The molecule has 0 aliphatic rings. The highest BCUT2D eigenvalue weighted by atomic mass is 16.4. The third-order valence-corrected chi connectivity index (χ3v) is 2.33. The molecule has 98 valence electrons. The van der Waals surface area contributed by atoms with Gasteiger partial charge >= 0.3 is 5.97 Å². The maximum Gasteiger partial charge on any atom is 0.326 e. The number of aryl methyl sites for hydroxylation is 1. The second-order valence-electron chi connectivity index (χ2n) is 4.61. The molecule has 0 fully saturated rings. The summed E-state index contributed by atoms with van der Waals surface area (Å²) >= 11 is 0. The van der Waals surface area contributed by atoms with Gasteiger partial charge in [0.05, 0.1) is 6.20 Å². The molecule has 1 heterocycles. The molecule has 0 aliphatic carbocycles. The van der Waals surface area contributed by atoms with Gasteiger partial charge in [0.25, 0.3) is 5.91 Å². The Balaban J connectivity index is 2.75. The lowest BCUT2D eigenvalue weighted by Crippen LogP contribution is -2.42. The largest absolute Gasteiger partial charge is 0.480 e. The van der Waals surface area contributed by atoms with Gasteiger partial charge in [-0.1, -0.05) is 13.8 Å². The van der Waals surface area contributed by atoms with Crippen molar-refractivity contribution >= 4 is 11.9 Å². The van der Waals surface area contributed by atoms with E-state index in [9.17, 15) is 9.59 Å². The molecular weight excluding hydrogens is 234 g/mol. The minimum atomic E-state index is -1.04. The van der Waals surface area contributed by atoms with E-state index in [-0.39, 0.29) is 11.6 Å². The smallest absolute Gasteiger partial charge is 0.326 e. The molecule has 0 spiro atoms. The van der Waals surface area contributed by atoms with Crippen molar-refractivity contribution in [3.8, 4) is 0 Å². The molecule has 1 aromatic rings. The van der Waals surface area contributed by atoms with Gasteiger partial charge in [-0.2, -0.15) is 5.10 Å². The zero-order valence-corrected chi connectivity index (χ0v) is 10.7. The molecule has 0 bridgehead atoms. The first-order valence-electron chi connectivity index (χ1n) is 5.73. The van der Waals surface area contributed by atoms with Crippen LogP contribution < -0.4 is 5.32 Å². The Morgan fingerprint density at radius 1 is 1.44 bits per heavy atom. The summed E-state index contributed by atoms with van der Waals surface area (Å²) in [6, 6.07) is 0.663. The van der Waals surface area contributed by atoms with E-state index in [2.05, 4.69) is 15.5 Å². The summed E-state index contributed by atoms with van der Waals surface area (Å²) in [5.41, 5.74) is 0.927. The number of hydrogen-bond acceptors (Lipinski definition) is 4. The fourth-order valence-corrected chi connectivity index (χ4v) is 1.50. The van der Waals surface area contributed by atoms with Crippen molar-refractivity contribution in [1.82, 2.24) is 15.5 Å². The van der Waals surface area contributed by atoms with Gasteiger partial charge in [-0.05, 0) is 30.9 Å². The summed E-state index contributed by atoms with van der Waals surface area (Å²) in [6.07, 6.45) is 1.90. The van der Waals surface area contributed by atoms with Crippen LogP contribution in [0.1, 0.15) is 36.3 Å². The zero-order valence-electron chi connectivity index (χ0n) is 10.7. The number of rotatable bonds is 5. The van der Waals surface area contributed by atoms with Gasteiger partial charge < -0.3 is 10.4 Å². The average molecular weight is 251 g/mol. The number of aliphatic carboxylic acids is 1. The lowest BCUT2D eigenvalue weighted by Gasteiger charge is -2.15. The van der Waals surface area contributed by atoms with Crippen LogP contribution in [0.15, 0.2) is 12.3 Å². The van der Waals surface area contributed by atoms with Gasteiger partial charge in [-0.15, -0.1) is 5.10 Å². The minimum Gasteiger partial charge on any atom is -0.480 e. The van der Waals surface area contributed by atoms with Crippen molar-refractivity contribution in [3.63, 3.8) is 0 Å². The van der Waals surface area contributed by atoms with Crippen LogP contribution in [0.5, 0.6) is 0 Å². The molecule has 1 aromatic heterocycles. The Kier molecular flexibility index (Phi) is 4.76. The number of carboxylic acids is 1. The minimum absolute atomic E-state index is 0.130. The molecule has 1 amide bonds. The number of hydrogen-bond donors (Lipinski definition) is 2. The lowest BCUT2D eigenvalue weighted by atomic mass is 10.0. The first kappa shape index (κ1) is 14.1. The van der Waals surface area contributed by atoms with Crippen LogP contribution in [0.25, 0.3) is 0 Å². The van der Waals surface area contributed by atoms with Gasteiger partial charge in [0.15, 0.2) is 5.69 Å². The summed E-state index contributed by atoms with van der Waals surface area (Å²) in [6.45, 7) is 5.58. The van der Waals surface area contributed by atoms with Gasteiger partial charge in [0.2, 0.25) is 0 Å². The molecule has 1 rings (SSSR count). The van der Waals surface area contributed by atoms with E-state index >= 15 is 0 Å². The van der Waals surface area contributed by atoms with Gasteiger partial charge in [0.1, 0.15) is 6.04 Å². The number of carboxylic acid groups (broad SMARTS) is 1. The summed E-state index contributed by atoms with van der Waals surface area (Å²) in [7, 11) is 0. The summed E-state index contributed by atoms with van der Waals surface area (Å²) < 4.78 is 0. The van der Waals surface area contributed by atoms with Gasteiger partial charge in [0, 0.05) is 0 Å². The van der Waals surface area contributed by atoms with E-state index in [0.717, 1.165) is 5.56 Å². The van der Waals surface area contributed by atoms with Crippen LogP contribution in [-0.2, 0) is 4.79 Å². The molecule has 6 nitrogen and oxygen atoms in total. The Hall–Kier alpha value is -1.98. The molecule has 6 heteroatoms. The topological polar surface area (TPSA) is 92.2 Å². The molecule has 2 N–H and O–H groups in total. The van der Waals surface area contributed by atoms with Crippen LogP contribution in [0.2, 0.25) is 0 Å². The van der Waals surface area contributed by atoms with Crippen LogP contribution >= 0.6 is 0 Å². The maximum absolute atomic E-state index is 11.8. The molecule has 0 aliphatic heterocycles. The van der Waals surface area contributed by atoms with Gasteiger partial charge in [-0.3, -0.25) is 4.79 Å². The third kappa shape index (κ3) is 4.12. The number of carbonyl (C=O) groups is 2. The second kappa shape index (κ2) is 6.09. The van der Waals surface area contributed by atoms with Crippen LogP contribution in [0.4, 0.5) is 0 Å². The Morgan fingerprint density at radius 2 is 2.11 bits per heavy atom. The number of carbonyl (C=O) groups excluding carboxylic acids is 1. The summed E-state index contributed by atoms with van der Waals surface area (Å²) in [5, 5.41) is 18.8. The SMILES string of the molecule is Cc1cnnc(C(=O)N[C@H](CC(C)C)C(=O)O)c1. The molecule has 18 heavy (non-hydrogen) atoms. The standard InChI is InChI=1S/C12H17N3O3/c1-7(2)4-10(12(17)18)14-11(16)9-5-8(3)6-13-15-9/h5-7,10H,4H2,1-3H3,(H,14,16)(H,17,18)/t10-/m1/s1. The first-order chi connectivity index (χ1) is 8.40. The number of nitrogens with zero attached hydrogens (tertiary/aromatic N) is 2.